The first-order valence-electron chi connectivity index (χ1n) is 8.90. The molecule has 3 aromatic rings. The third kappa shape index (κ3) is 3.99. The molecule has 1 amide bonds. The Hall–Kier alpha value is -2.93. The molecule has 1 aliphatic rings. The molecule has 7 heteroatoms. The Kier molecular flexibility index (Phi) is 5.25. The summed E-state index contributed by atoms with van der Waals surface area (Å²) < 4.78 is 16.3. The van der Waals surface area contributed by atoms with E-state index in [1.165, 1.54) is 11.8 Å². The van der Waals surface area contributed by atoms with Crippen molar-refractivity contribution in [2.45, 2.75) is 11.9 Å². The van der Waals surface area contributed by atoms with Crippen LogP contribution in [0.15, 0.2) is 47.5 Å². The van der Waals surface area contributed by atoms with E-state index >= 15 is 0 Å². The summed E-state index contributed by atoms with van der Waals surface area (Å²) in [5.74, 6) is 2.32. The zero-order valence-electron chi connectivity index (χ0n) is 15.7. The summed E-state index contributed by atoms with van der Waals surface area (Å²) in [6.07, 6.45) is 0. The number of fused-ring (bicyclic) bond motifs is 2. The number of aromatic nitrogens is 1. The summed E-state index contributed by atoms with van der Waals surface area (Å²) in [6.45, 7) is 3.05. The number of hydrogen-bond acceptors (Lipinski definition) is 6. The Labute approximate surface area is 167 Å². The van der Waals surface area contributed by atoms with Crippen LogP contribution in [0.1, 0.15) is 5.56 Å². The minimum atomic E-state index is -0.0993. The molecule has 0 bridgehead atoms. The van der Waals surface area contributed by atoms with Crippen molar-refractivity contribution in [1.82, 2.24) is 4.98 Å². The van der Waals surface area contributed by atoms with Crippen molar-refractivity contribution in [2.75, 3.05) is 31.4 Å². The van der Waals surface area contributed by atoms with E-state index in [9.17, 15) is 4.79 Å². The van der Waals surface area contributed by atoms with Crippen LogP contribution < -0.4 is 19.5 Å². The fourth-order valence-corrected chi connectivity index (χ4v) is 3.76. The second kappa shape index (κ2) is 7.98. The molecule has 0 spiro atoms. The topological polar surface area (TPSA) is 69.7 Å². The number of hydrogen-bond donors (Lipinski definition) is 1. The zero-order chi connectivity index (χ0) is 19.5. The summed E-state index contributed by atoms with van der Waals surface area (Å²) in [5.41, 5.74) is 2.59. The molecular formula is C21H20N2O4S. The number of anilines is 1. The molecule has 0 atom stereocenters. The number of methoxy groups -OCH3 is 1. The van der Waals surface area contributed by atoms with Crippen LogP contribution in [0.5, 0.6) is 17.2 Å². The molecule has 0 saturated heterocycles. The lowest BCUT2D eigenvalue weighted by Crippen LogP contribution is -2.17. The first-order chi connectivity index (χ1) is 13.6. The highest BCUT2D eigenvalue weighted by Crippen LogP contribution is 2.33. The van der Waals surface area contributed by atoms with Crippen molar-refractivity contribution in [3.63, 3.8) is 0 Å². The second-order valence-corrected chi connectivity index (χ2v) is 7.33. The molecule has 6 nitrogen and oxygen atoms in total. The van der Waals surface area contributed by atoms with Gasteiger partial charge in [-0.05, 0) is 48.9 Å². The number of thioether (sulfide) groups is 1. The summed E-state index contributed by atoms with van der Waals surface area (Å²) in [7, 11) is 1.64. The average Bonchev–Trinajstić information content (AvgIpc) is 2.71. The number of carbonyl (C=O) groups is 1. The molecule has 0 fully saturated rings. The summed E-state index contributed by atoms with van der Waals surface area (Å²) >= 11 is 1.42. The number of amides is 1. The van der Waals surface area contributed by atoms with Gasteiger partial charge in [0.05, 0.1) is 18.4 Å². The predicted octanol–water partition coefficient (Wildman–Crippen LogP) is 4.05. The Balaban J connectivity index is 1.42. The van der Waals surface area contributed by atoms with Crippen LogP contribution in [-0.4, -0.2) is 37.0 Å². The van der Waals surface area contributed by atoms with Crippen LogP contribution in [0.2, 0.25) is 0 Å². The normalized spacial score (nSPS) is 12.6. The number of nitrogens with zero attached hydrogens (tertiary/aromatic N) is 1. The van der Waals surface area contributed by atoms with Crippen LogP contribution in [-0.2, 0) is 4.79 Å². The van der Waals surface area contributed by atoms with Gasteiger partial charge in [0.1, 0.15) is 24.0 Å². The van der Waals surface area contributed by atoms with Crippen molar-refractivity contribution < 1.29 is 19.0 Å². The van der Waals surface area contributed by atoms with E-state index < -0.39 is 0 Å². The third-order valence-corrected chi connectivity index (χ3v) is 5.43. The van der Waals surface area contributed by atoms with E-state index in [0.29, 0.717) is 30.4 Å². The summed E-state index contributed by atoms with van der Waals surface area (Å²) in [5, 5.41) is 4.75. The minimum Gasteiger partial charge on any atom is -0.497 e. The Morgan fingerprint density at radius 1 is 1.14 bits per heavy atom. The Morgan fingerprint density at radius 3 is 2.79 bits per heavy atom. The number of aryl methyl sites for hydroxylation is 1. The van der Waals surface area contributed by atoms with Gasteiger partial charge in [-0.25, -0.2) is 4.98 Å². The molecule has 28 heavy (non-hydrogen) atoms. The van der Waals surface area contributed by atoms with Crippen LogP contribution in [0.25, 0.3) is 10.9 Å². The Morgan fingerprint density at radius 2 is 1.96 bits per heavy atom. The summed E-state index contributed by atoms with van der Waals surface area (Å²) in [4.78, 5) is 17.0. The number of pyridine rings is 1. The highest BCUT2D eigenvalue weighted by atomic mass is 32.2. The number of rotatable bonds is 5. The van der Waals surface area contributed by atoms with Gasteiger partial charge in [0, 0.05) is 17.1 Å². The number of ether oxygens (including phenoxy) is 3. The van der Waals surface area contributed by atoms with Gasteiger partial charge in [0.2, 0.25) is 5.91 Å². The van der Waals surface area contributed by atoms with E-state index in [4.69, 9.17) is 14.2 Å². The van der Waals surface area contributed by atoms with E-state index in [2.05, 4.69) is 16.4 Å². The fourth-order valence-electron chi connectivity index (χ4n) is 2.97. The van der Waals surface area contributed by atoms with E-state index in [-0.39, 0.29) is 11.7 Å². The SMILES string of the molecule is COc1ccc2nc(SCC(=O)Nc3ccc4c(c3)OCCO4)c(C)cc2c1. The maximum absolute atomic E-state index is 12.4. The highest BCUT2D eigenvalue weighted by Gasteiger charge is 2.13. The largest absolute Gasteiger partial charge is 0.497 e. The minimum absolute atomic E-state index is 0.0993. The highest BCUT2D eigenvalue weighted by molar-refractivity contribution is 8.00. The monoisotopic (exact) mass is 396 g/mol. The number of nitrogens with one attached hydrogen (secondary N) is 1. The smallest absolute Gasteiger partial charge is 0.234 e. The molecule has 2 heterocycles. The maximum atomic E-state index is 12.4. The Bertz CT molecular complexity index is 1040. The van der Waals surface area contributed by atoms with Crippen LogP contribution in [0.3, 0.4) is 0 Å². The molecule has 4 rings (SSSR count). The van der Waals surface area contributed by atoms with Gasteiger partial charge in [0.15, 0.2) is 11.5 Å². The van der Waals surface area contributed by atoms with Gasteiger partial charge in [-0.15, -0.1) is 0 Å². The van der Waals surface area contributed by atoms with Crippen molar-refractivity contribution in [1.29, 1.82) is 0 Å². The second-order valence-electron chi connectivity index (χ2n) is 6.36. The molecule has 0 aliphatic carbocycles. The number of benzene rings is 2. The van der Waals surface area contributed by atoms with E-state index in [0.717, 1.165) is 27.2 Å². The standard InChI is InChI=1S/C21H20N2O4S/c1-13-9-14-10-16(25-2)4-5-17(14)23-21(13)28-12-20(24)22-15-3-6-18-19(11-15)27-8-7-26-18/h3-6,9-11H,7-8,12H2,1-2H3,(H,22,24). The summed E-state index contributed by atoms with van der Waals surface area (Å²) in [6, 6.07) is 13.2. The molecule has 144 valence electrons. The third-order valence-electron chi connectivity index (χ3n) is 4.33. The van der Waals surface area contributed by atoms with Crippen molar-refractivity contribution in [3.05, 3.63) is 48.0 Å². The first kappa shape index (κ1) is 18.4. The average molecular weight is 396 g/mol. The van der Waals surface area contributed by atoms with E-state index in [1.807, 2.05) is 31.2 Å². The van der Waals surface area contributed by atoms with Gasteiger partial charge in [0.25, 0.3) is 0 Å². The van der Waals surface area contributed by atoms with Gasteiger partial charge >= 0.3 is 0 Å². The zero-order valence-corrected chi connectivity index (χ0v) is 16.5. The lowest BCUT2D eigenvalue weighted by molar-refractivity contribution is -0.113. The predicted molar refractivity (Wildman–Crippen MR) is 110 cm³/mol. The van der Waals surface area contributed by atoms with Crippen molar-refractivity contribution >= 4 is 34.3 Å². The molecule has 1 aliphatic heterocycles. The molecule has 1 aromatic heterocycles. The molecule has 0 unspecified atom stereocenters. The van der Waals surface area contributed by atoms with Gasteiger partial charge in [-0.3, -0.25) is 4.79 Å². The van der Waals surface area contributed by atoms with Crippen LogP contribution in [0.4, 0.5) is 5.69 Å². The van der Waals surface area contributed by atoms with Crippen molar-refractivity contribution in [3.8, 4) is 17.2 Å². The lowest BCUT2D eigenvalue weighted by Gasteiger charge is -2.19. The van der Waals surface area contributed by atoms with Crippen molar-refractivity contribution in [2.24, 2.45) is 0 Å². The number of carbonyl (C=O) groups excluding carboxylic acids is 1. The first-order valence-corrected chi connectivity index (χ1v) is 9.88. The van der Waals surface area contributed by atoms with E-state index in [1.54, 1.807) is 19.2 Å². The molecule has 1 N–H and O–H groups in total. The molecule has 2 aromatic carbocycles. The molecular weight excluding hydrogens is 376 g/mol. The molecule has 0 radical (unpaired) electrons. The quantitative estimate of drug-likeness (QED) is 0.656. The van der Waals surface area contributed by atoms with Gasteiger partial charge in [-0.2, -0.15) is 0 Å². The van der Waals surface area contributed by atoms with Gasteiger partial charge in [-0.1, -0.05) is 11.8 Å². The molecule has 0 saturated carbocycles. The lowest BCUT2D eigenvalue weighted by atomic mass is 10.1. The van der Waals surface area contributed by atoms with Crippen LogP contribution >= 0.6 is 11.8 Å². The van der Waals surface area contributed by atoms with Gasteiger partial charge < -0.3 is 19.5 Å². The van der Waals surface area contributed by atoms with Crippen LogP contribution in [0, 0.1) is 6.92 Å². The maximum Gasteiger partial charge on any atom is 0.234 e. The fraction of sp³-hybridized carbons (Fsp3) is 0.238.